The summed E-state index contributed by atoms with van der Waals surface area (Å²) in [5.74, 6) is 1.16. The van der Waals surface area contributed by atoms with Crippen molar-refractivity contribution in [1.29, 1.82) is 0 Å². The Balaban J connectivity index is 1.99. The van der Waals surface area contributed by atoms with Crippen LogP contribution in [0.15, 0.2) is 34.2 Å². The van der Waals surface area contributed by atoms with E-state index in [1.165, 1.54) is 11.8 Å². The van der Waals surface area contributed by atoms with Crippen molar-refractivity contribution in [2.24, 2.45) is 5.92 Å². The van der Waals surface area contributed by atoms with E-state index in [0.717, 1.165) is 18.4 Å². The van der Waals surface area contributed by atoms with Gasteiger partial charge in [-0.1, -0.05) is 51.1 Å². The zero-order valence-corrected chi connectivity index (χ0v) is 16.8. The van der Waals surface area contributed by atoms with Crippen molar-refractivity contribution in [3.05, 3.63) is 34.6 Å². The molecule has 3 rings (SSSR count). The van der Waals surface area contributed by atoms with Crippen LogP contribution in [0.4, 0.5) is 0 Å². The number of fused-ring (bicyclic) bond motifs is 3. The van der Waals surface area contributed by atoms with E-state index >= 15 is 0 Å². The Labute approximate surface area is 162 Å². The first-order chi connectivity index (χ1) is 13.0. The molecule has 0 fully saturated rings. The van der Waals surface area contributed by atoms with Crippen molar-refractivity contribution < 1.29 is 4.79 Å². The Hall–Kier alpha value is -2.35. The van der Waals surface area contributed by atoms with Gasteiger partial charge in [0, 0.05) is 13.1 Å². The summed E-state index contributed by atoms with van der Waals surface area (Å²) in [6, 6.07) is 7.46. The fourth-order valence-corrected chi connectivity index (χ4v) is 3.61. The highest BCUT2D eigenvalue weighted by Gasteiger charge is 2.17. The number of hydrogen-bond donors (Lipinski definition) is 1. The van der Waals surface area contributed by atoms with Gasteiger partial charge in [0.15, 0.2) is 5.16 Å². The minimum Gasteiger partial charge on any atom is -0.355 e. The van der Waals surface area contributed by atoms with Crippen molar-refractivity contribution in [3.63, 3.8) is 0 Å². The predicted octanol–water partition coefficient (Wildman–Crippen LogP) is 2.71. The van der Waals surface area contributed by atoms with E-state index in [2.05, 4.69) is 36.3 Å². The van der Waals surface area contributed by atoms with Crippen LogP contribution in [0.5, 0.6) is 0 Å². The van der Waals surface area contributed by atoms with E-state index in [9.17, 15) is 9.59 Å². The quantitative estimate of drug-likeness (QED) is 0.601. The molecule has 0 aliphatic heterocycles. The summed E-state index contributed by atoms with van der Waals surface area (Å²) in [6.07, 6.45) is 1.87. The van der Waals surface area contributed by atoms with Gasteiger partial charge in [-0.15, -0.1) is 10.2 Å². The number of thioether (sulfide) groups is 1. The summed E-state index contributed by atoms with van der Waals surface area (Å²) in [7, 11) is 0. The van der Waals surface area contributed by atoms with E-state index in [-0.39, 0.29) is 17.2 Å². The molecule has 0 bridgehead atoms. The summed E-state index contributed by atoms with van der Waals surface area (Å²) >= 11 is 1.33. The van der Waals surface area contributed by atoms with Gasteiger partial charge in [0.2, 0.25) is 11.7 Å². The van der Waals surface area contributed by atoms with Crippen molar-refractivity contribution in [2.45, 2.75) is 45.3 Å². The number of carbonyl (C=O) groups is 1. The summed E-state index contributed by atoms with van der Waals surface area (Å²) in [4.78, 5) is 24.9. The molecular formula is C19H25N5O2S. The average Bonchev–Trinajstić information content (AvgIpc) is 3.08. The standard InChI is InChI=1S/C19H25N5O2S/c1-4-5-10-23-17(26)14-8-6-7-9-15(14)24-18(23)21-22-19(24)27-12-16(25)20-11-13(2)3/h6-9,13H,4-5,10-12H2,1-3H3,(H,20,25). The van der Waals surface area contributed by atoms with Crippen molar-refractivity contribution in [2.75, 3.05) is 12.3 Å². The smallest absolute Gasteiger partial charge is 0.262 e. The number of nitrogens with one attached hydrogen (secondary N) is 1. The van der Waals surface area contributed by atoms with E-state index in [4.69, 9.17) is 0 Å². The highest BCUT2D eigenvalue weighted by molar-refractivity contribution is 7.99. The lowest BCUT2D eigenvalue weighted by atomic mass is 10.2. The summed E-state index contributed by atoms with van der Waals surface area (Å²) in [5, 5.41) is 12.7. The molecule has 0 unspecified atom stereocenters. The lowest BCUT2D eigenvalue weighted by Gasteiger charge is -2.11. The van der Waals surface area contributed by atoms with Crippen LogP contribution in [0.2, 0.25) is 0 Å². The van der Waals surface area contributed by atoms with Gasteiger partial charge in [0.25, 0.3) is 5.56 Å². The fraction of sp³-hybridized carbons (Fsp3) is 0.474. The van der Waals surface area contributed by atoms with Gasteiger partial charge in [0.1, 0.15) is 0 Å². The second-order valence-corrected chi connectivity index (χ2v) is 7.87. The first-order valence-corrected chi connectivity index (χ1v) is 10.3. The van der Waals surface area contributed by atoms with E-state index in [0.29, 0.717) is 35.3 Å². The molecule has 1 amide bonds. The molecule has 0 saturated heterocycles. The van der Waals surface area contributed by atoms with Crippen LogP contribution >= 0.6 is 11.8 Å². The Morgan fingerprint density at radius 2 is 2.04 bits per heavy atom. The minimum atomic E-state index is -0.0508. The molecule has 0 spiro atoms. The Morgan fingerprint density at radius 3 is 2.78 bits per heavy atom. The van der Waals surface area contributed by atoms with Crippen LogP contribution in [-0.4, -0.2) is 37.4 Å². The van der Waals surface area contributed by atoms with E-state index in [1.54, 1.807) is 4.57 Å². The summed E-state index contributed by atoms with van der Waals surface area (Å²) < 4.78 is 3.56. The molecule has 0 aliphatic carbocycles. The highest BCUT2D eigenvalue weighted by Crippen LogP contribution is 2.21. The third kappa shape index (κ3) is 4.16. The zero-order chi connectivity index (χ0) is 19.4. The molecular weight excluding hydrogens is 362 g/mol. The summed E-state index contributed by atoms with van der Waals surface area (Å²) in [5.41, 5.74) is 0.713. The largest absolute Gasteiger partial charge is 0.355 e. The number of carbonyl (C=O) groups excluding carboxylic acids is 1. The molecule has 0 saturated carbocycles. The lowest BCUT2D eigenvalue weighted by Crippen LogP contribution is -2.28. The van der Waals surface area contributed by atoms with Crippen LogP contribution in [0, 0.1) is 5.92 Å². The second kappa shape index (κ2) is 8.56. The normalized spacial score (nSPS) is 11.6. The Bertz CT molecular complexity index is 1010. The van der Waals surface area contributed by atoms with Gasteiger partial charge < -0.3 is 5.32 Å². The van der Waals surface area contributed by atoms with Crippen molar-refractivity contribution >= 4 is 34.3 Å². The number of nitrogens with zero attached hydrogens (tertiary/aromatic N) is 4. The molecule has 0 radical (unpaired) electrons. The highest BCUT2D eigenvalue weighted by atomic mass is 32.2. The number of amides is 1. The third-order valence-electron chi connectivity index (χ3n) is 4.25. The molecule has 0 atom stereocenters. The van der Waals surface area contributed by atoms with Crippen LogP contribution in [0.25, 0.3) is 16.7 Å². The van der Waals surface area contributed by atoms with Crippen LogP contribution in [-0.2, 0) is 11.3 Å². The van der Waals surface area contributed by atoms with Gasteiger partial charge in [0.05, 0.1) is 16.7 Å². The van der Waals surface area contributed by atoms with Gasteiger partial charge >= 0.3 is 0 Å². The molecule has 3 aromatic rings. The number of rotatable bonds is 8. The maximum absolute atomic E-state index is 12.9. The molecule has 8 heteroatoms. The van der Waals surface area contributed by atoms with E-state index in [1.807, 2.05) is 28.7 Å². The summed E-state index contributed by atoms with van der Waals surface area (Å²) in [6.45, 7) is 7.45. The monoisotopic (exact) mass is 387 g/mol. The second-order valence-electron chi connectivity index (χ2n) is 6.93. The van der Waals surface area contributed by atoms with Crippen molar-refractivity contribution in [1.82, 2.24) is 24.5 Å². The van der Waals surface area contributed by atoms with Crippen molar-refractivity contribution in [3.8, 4) is 0 Å². The number of aryl methyl sites for hydroxylation is 1. The molecule has 27 heavy (non-hydrogen) atoms. The molecule has 2 aromatic heterocycles. The molecule has 1 N–H and O–H groups in total. The average molecular weight is 388 g/mol. The zero-order valence-electron chi connectivity index (χ0n) is 15.9. The number of benzene rings is 1. The van der Waals surface area contributed by atoms with Crippen LogP contribution in [0.3, 0.4) is 0 Å². The van der Waals surface area contributed by atoms with E-state index < -0.39 is 0 Å². The molecule has 2 heterocycles. The van der Waals surface area contributed by atoms with Crippen LogP contribution < -0.4 is 10.9 Å². The minimum absolute atomic E-state index is 0.0333. The number of hydrogen-bond acceptors (Lipinski definition) is 5. The molecule has 7 nitrogen and oxygen atoms in total. The maximum atomic E-state index is 12.9. The third-order valence-corrected chi connectivity index (χ3v) is 5.18. The molecule has 1 aromatic carbocycles. The van der Waals surface area contributed by atoms with Gasteiger partial charge in [-0.05, 0) is 24.5 Å². The van der Waals surface area contributed by atoms with Crippen LogP contribution in [0.1, 0.15) is 33.6 Å². The number of para-hydroxylation sites is 1. The number of aromatic nitrogens is 4. The Kier molecular flexibility index (Phi) is 6.15. The van der Waals surface area contributed by atoms with Gasteiger partial charge in [-0.25, -0.2) is 0 Å². The maximum Gasteiger partial charge on any atom is 0.262 e. The first kappa shape index (κ1) is 19.4. The SMILES string of the molecule is CCCCn1c(=O)c2ccccc2n2c(SCC(=O)NCC(C)C)nnc12. The van der Waals surface area contributed by atoms with Gasteiger partial charge in [-0.3, -0.25) is 18.6 Å². The van der Waals surface area contributed by atoms with Gasteiger partial charge in [-0.2, -0.15) is 0 Å². The Morgan fingerprint density at radius 1 is 1.26 bits per heavy atom. The fourth-order valence-electron chi connectivity index (χ4n) is 2.84. The molecule has 0 aliphatic rings. The lowest BCUT2D eigenvalue weighted by molar-refractivity contribution is -0.118. The molecule has 144 valence electrons. The first-order valence-electron chi connectivity index (χ1n) is 9.29. The predicted molar refractivity (Wildman–Crippen MR) is 108 cm³/mol. The number of unbranched alkanes of at least 4 members (excludes halogenated alkanes) is 1. The topological polar surface area (TPSA) is 81.3 Å².